The summed E-state index contributed by atoms with van der Waals surface area (Å²) in [4.78, 5) is 15.8. The number of hydrogen-bond acceptors (Lipinski definition) is 8. The van der Waals surface area contributed by atoms with Crippen LogP contribution < -0.4 is 9.75 Å². The van der Waals surface area contributed by atoms with Crippen molar-refractivity contribution in [2.75, 3.05) is 18.7 Å². The van der Waals surface area contributed by atoms with Crippen LogP contribution in [0.4, 0.5) is 13.9 Å². The molecule has 7 nitrogen and oxygen atoms in total. The Morgan fingerprint density at radius 2 is 2.11 bits per heavy atom. The van der Waals surface area contributed by atoms with Crippen LogP contribution in [0.15, 0.2) is 34.7 Å². The van der Waals surface area contributed by atoms with Crippen LogP contribution in [0.1, 0.15) is 29.4 Å². The molecular formula is C17H17F2N3O4S. The van der Waals surface area contributed by atoms with Crippen molar-refractivity contribution in [2.45, 2.75) is 25.5 Å². The minimum Gasteiger partial charge on any atom is -0.497 e. The van der Waals surface area contributed by atoms with Gasteiger partial charge in [-0.05, 0) is 36.8 Å². The fourth-order valence-corrected chi connectivity index (χ4v) is 3.36. The minimum atomic E-state index is -3.10. The number of methoxy groups -OCH3 is 1. The lowest BCUT2D eigenvalue weighted by atomic mass is 10.0. The molecule has 0 amide bonds. The number of nitrogens with zero attached hydrogens (tertiary/aromatic N) is 3. The van der Waals surface area contributed by atoms with E-state index in [9.17, 15) is 18.7 Å². The molecule has 2 aromatic rings. The summed E-state index contributed by atoms with van der Waals surface area (Å²) in [5.74, 6) is -0.0588. The third kappa shape index (κ3) is 3.62. The molecule has 1 N–H and O–H groups in total. The summed E-state index contributed by atoms with van der Waals surface area (Å²) in [5.41, 5.74) is -1.74. The Bertz CT molecular complexity index is 856. The van der Waals surface area contributed by atoms with Gasteiger partial charge in [-0.2, -0.15) is 5.10 Å². The Labute approximate surface area is 157 Å². The first-order valence-corrected chi connectivity index (χ1v) is 8.92. The Morgan fingerprint density at radius 3 is 2.70 bits per heavy atom. The molecule has 1 atom stereocenters. The quantitative estimate of drug-likeness (QED) is 0.755. The molecule has 1 aliphatic rings. The largest absolute Gasteiger partial charge is 0.497 e. The number of rotatable bonds is 6. The van der Waals surface area contributed by atoms with Gasteiger partial charge in [-0.3, -0.25) is 0 Å². The minimum absolute atomic E-state index is 0.0237. The van der Waals surface area contributed by atoms with Crippen molar-refractivity contribution in [3.8, 4) is 5.75 Å². The molecule has 0 unspecified atom stereocenters. The van der Waals surface area contributed by atoms with Crippen LogP contribution in [0.3, 0.4) is 0 Å². The average molecular weight is 397 g/mol. The van der Waals surface area contributed by atoms with Gasteiger partial charge in [0.1, 0.15) is 5.75 Å². The molecule has 0 saturated heterocycles. The highest BCUT2D eigenvalue weighted by atomic mass is 32.1. The highest BCUT2D eigenvalue weighted by molar-refractivity contribution is 7.14. The molecule has 0 fully saturated rings. The highest BCUT2D eigenvalue weighted by Gasteiger charge is 2.51. The first-order valence-electron chi connectivity index (χ1n) is 8.04. The number of carbonyl (C=O) groups is 1. The number of alkyl halides is 2. The fourth-order valence-electron chi connectivity index (χ4n) is 2.55. The zero-order chi connectivity index (χ0) is 19.6. The third-order valence-electron chi connectivity index (χ3n) is 3.95. The smallest absolute Gasteiger partial charge is 0.357 e. The van der Waals surface area contributed by atoms with E-state index >= 15 is 0 Å². The van der Waals surface area contributed by atoms with Gasteiger partial charge in [0.2, 0.25) is 10.9 Å². The van der Waals surface area contributed by atoms with E-state index in [1.54, 1.807) is 31.2 Å². The SMILES string of the molecule is CCOC(=O)c1csc(N2N=C(c3ccc(OC)cc3)C[C@]2(O)C(F)F)n1. The maximum absolute atomic E-state index is 13.7. The van der Waals surface area contributed by atoms with Crippen LogP contribution in [0.2, 0.25) is 0 Å². The summed E-state index contributed by atoms with van der Waals surface area (Å²) in [6, 6.07) is 6.67. The molecule has 1 aromatic carbocycles. The molecule has 1 aliphatic heterocycles. The first kappa shape index (κ1) is 19.2. The van der Waals surface area contributed by atoms with Crippen molar-refractivity contribution in [1.82, 2.24) is 4.98 Å². The molecule has 1 aromatic heterocycles. The molecular weight excluding hydrogens is 380 g/mol. The topological polar surface area (TPSA) is 84.2 Å². The molecule has 0 saturated carbocycles. The van der Waals surface area contributed by atoms with E-state index in [0.717, 1.165) is 16.3 Å². The second-order valence-electron chi connectivity index (χ2n) is 5.68. The molecule has 0 radical (unpaired) electrons. The van der Waals surface area contributed by atoms with Crippen LogP contribution >= 0.6 is 11.3 Å². The summed E-state index contributed by atoms with van der Waals surface area (Å²) in [5, 5.41) is 16.8. The van der Waals surface area contributed by atoms with E-state index in [2.05, 4.69) is 10.1 Å². The molecule has 2 heterocycles. The van der Waals surface area contributed by atoms with Crippen LogP contribution in [0.25, 0.3) is 0 Å². The number of aliphatic hydroxyl groups is 1. The number of hydrogen-bond donors (Lipinski definition) is 1. The molecule has 144 valence electrons. The monoisotopic (exact) mass is 397 g/mol. The number of anilines is 1. The predicted octanol–water partition coefficient (Wildman–Crippen LogP) is 2.90. The fraction of sp³-hybridized carbons (Fsp3) is 0.353. The third-order valence-corrected chi connectivity index (χ3v) is 4.76. The number of thiazole rings is 1. The maximum atomic E-state index is 13.7. The van der Waals surface area contributed by atoms with Crippen molar-refractivity contribution >= 4 is 28.1 Å². The summed E-state index contributed by atoms with van der Waals surface area (Å²) in [6.07, 6.45) is -3.50. The van der Waals surface area contributed by atoms with E-state index in [1.165, 1.54) is 12.5 Å². The number of carbonyl (C=O) groups excluding carboxylic acids is 1. The van der Waals surface area contributed by atoms with Crippen LogP contribution in [0, 0.1) is 0 Å². The van der Waals surface area contributed by atoms with Gasteiger partial charge in [0.15, 0.2) is 5.69 Å². The number of halogens is 2. The zero-order valence-electron chi connectivity index (χ0n) is 14.6. The number of benzene rings is 1. The van der Waals surface area contributed by atoms with Crippen molar-refractivity contribution in [1.29, 1.82) is 0 Å². The molecule has 10 heteroatoms. The van der Waals surface area contributed by atoms with E-state index in [0.29, 0.717) is 11.3 Å². The van der Waals surface area contributed by atoms with Gasteiger partial charge in [0.05, 0.1) is 19.4 Å². The molecule has 0 spiro atoms. The lowest BCUT2D eigenvalue weighted by Gasteiger charge is -2.29. The van der Waals surface area contributed by atoms with Crippen molar-refractivity contribution < 1.29 is 28.2 Å². The molecule has 0 bridgehead atoms. The van der Waals surface area contributed by atoms with Gasteiger partial charge in [-0.1, -0.05) is 0 Å². The van der Waals surface area contributed by atoms with Crippen molar-refractivity contribution in [2.24, 2.45) is 5.10 Å². The number of aromatic nitrogens is 1. The summed E-state index contributed by atoms with van der Waals surface area (Å²) < 4.78 is 37.2. The summed E-state index contributed by atoms with van der Waals surface area (Å²) >= 11 is 0.918. The zero-order valence-corrected chi connectivity index (χ0v) is 15.4. The summed E-state index contributed by atoms with van der Waals surface area (Å²) in [7, 11) is 1.52. The van der Waals surface area contributed by atoms with Crippen LogP contribution in [-0.4, -0.2) is 47.6 Å². The second kappa shape index (κ2) is 7.57. The standard InChI is InChI=1S/C17H17F2N3O4S/c1-3-26-14(23)13-9-27-16(20-13)22-17(24,15(18)19)8-12(21-22)10-4-6-11(25-2)7-5-10/h4-7,9,15,24H,3,8H2,1-2H3/t17-/m0/s1. The van der Waals surface area contributed by atoms with E-state index in [1.807, 2.05) is 0 Å². The predicted molar refractivity (Wildman–Crippen MR) is 95.7 cm³/mol. The Hall–Kier alpha value is -2.59. The van der Waals surface area contributed by atoms with Gasteiger partial charge in [0, 0.05) is 11.8 Å². The number of hydrazone groups is 1. The molecule has 0 aliphatic carbocycles. The summed E-state index contributed by atoms with van der Waals surface area (Å²) in [6.45, 7) is 1.81. The van der Waals surface area contributed by atoms with E-state index in [4.69, 9.17) is 9.47 Å². The van der Waals surface area contributed by atoms with Crippen molar-refractivity contribution in [3.05, 3.63) is 40.9 Å². The van der Waals surface area contributed by atoms with Crippen LogP contribution in [0.5, 0.6) is 5.75 Å². The lowest BCUT2D eigenvalue weighted by Crippen LogP contribution is -2.49. The lowest BCUT2D eigenvalue weighted by molar-refractivity contribution is -0.0867. The Balaban J connectivity index is 1.94. The van der Waals surface area contributed by atoms with Gasteiger partial charge in [-0.15, -0.1) is 11.3 Å². The van der Waals surface area contributed by atoms with Crippen LogP contribution in [-0.2, 0) is 4.74 Å². The average Bonchev–Trinajstić information content (AvgIpc) is 3.27. The molecule has 3 rings (SSSR count). The Morgan fingerprint density at radius 1 is 1.41 bits per heavy atom. The Kier molecular flexibility index (Phi) is 5.38. The van der Waals surface area contributed by atoms with Gasteiger partial charge in [0.25, 0.3) is 6.43 Å². The van der Waals surface area contributed by atoms with E-state index in [-0.39, 0.29) is 23.1 Å². The molecule has 27 heavy (non-hydrogen) atoms. The van der Waals surface area contributed by atoms with Crippen molar-refractivity contribution in [3.63, 3.8) is 0 Å². The van der Waals surface area contributed by atoms with Gasteiger partial charge >= 0.3 is 5.97 Å². The second-order valence-corrected chi connectivity index (χ2v) is 6.52. The van der Waals surface area contributed by atoms with Gasteiger partial charge in [-0.25, -0.2) is 23.6 Å². The van der Waals surface area contributed by atoms with E-state index < -0.39 is 24.5 Å². The normalized spacial score (nSPS) is 19.3. The highest BCUT2D eigenvalue weighted by Crippen LogP contribution is 2.38. The number of esters is 1. The number of ether oxygens (including phenoxy) is 2. The maximum Gasteiger partial charge on any atom is 0.357 e. The first-order chi connectivity index (χ1) is 12.9. The van der Waals surface area contributed by atoms with Gasteiger partial charge < -0.3 is 14.6 Å².